The summed E-state index contributed by atoms with van der Waals surface area (Å²) >= 11 is 1.47. The number of amides is 1. The molecule has 1 unspecified atom stereocenters. The molecule has 0 saturated carbocycles. The summed E-state index contributed by atoms with van der Waals surface area (Å²) in [4.78, 5) is 17.0. The van der Waals surface area contributed by atoms with E-state index >= 15 is 0 Å². The lowest BCUT2D eigenvalue weighted by Gasteiger charge is -2.17. The molecule has 0 aliphatic rings. The monoisotopic (exact) mass is 414 g/mol. The number of furan rings is 1. The summed E-state index contributed by atoms with van der Waals surface area (Å²) in [6.45, 7) is 8.82. The highest BCUT2D eigenvalue weighted by Gasteiger charge is 2.15. The Morgan fingerprint density at radius 2 is 1.93 bits per heavy atom. The number of hydrogen-bond donors (Lipinski definition) is 1. The normalized spacial score (nSPS) is 11.9. The fourth-order valence-corrected chi connectivity index (χ4v) is 3.71. The van der Waals surface area contributed by atoms with Crippen LogP contribution < -0.4 is 14.8 Å². The Hall–Kier alpha value is -2.80. The number of carbonyl (C=O) groups excluding carboxylic acids is 1. The smallest absolute Gasteiger partial charge is 0.226 e. The first kappa shape index (κ1) is 20.9. The van der Waals surface area contributed by atoms with Crippen molar-refractivity contribution in [3.63, 3.8) is 0 Å². The van der Waals surface area contributed by atoms with Crippen LogP contribution >= 0.6 is 11.3 Å². The van der Waals surface area contributed by atoms with Gasteiger partial charge in [-0.3, -0.25) is 4.79 Å². The second kappa shape index (κ2) is 9.60. The molecule has 2 heterocycles. The molecule has 7 heteroatoms. The van der Waals surface area contributed by atoms with E-state index in [0.717, 1.165) is 27.8 Å². The number of hydrogen-bond acceptors (Lipinski definition) is 6. The fraction of sp³-hybridized carbons (Fsp3) is 0.364. The van der Waals surface area contributed by atoms with E-state index in [1.807, 2.05) is 63.4 Å². The maximum atomic E-state index is 12.5. The number of thiazole rings is 1. The number of aromatic nitrogens is 1. The van der Waals surface area contributed by atoms with Crippen LogP contribution in [-0.2, 0) is 11.2 Å². The first-order valence-corrected chi connectivity index (χ1v) is 10.6. The highest BCUT2D eigenvalue weighted by atomic mass is 32.1. The summed E-state index contributed by atoms with van der Waals surface area (Å²) in [5.41, 5.74) is 1.68. The van der Waals surface area contributed by atoms with Crippen molar-refractivity contribution in [2.75, 3.05) is 13.2 Å². The number of rotatable bonds is 9. The number of nitrogens with zero attached hydrogens (tertiary/aromatic N) is 1. The molecule has 1 atom stereocenters. The average Bonchev–Trinajstić information content (AvgIpc) is 3.32. The zero-order chi connectivity index (χ0) is 20.8. The van der Waals surface area contributed by atoms with Crippen LogP contribution in [0.25, 0.3) is 10.8 Å². The average molecular weight is 415 g/mol. The van der Waals surface area contributed by atoms with Gasteiger partial charge in [-0.2, -0.15) is 0 Å². The Morgan fingerprint density at radius 1 is 1.17 bits per heavy atom. The maximum absolute atomic E-state index is 12.5. The van der Waals surface area contributed by atoms with Crippen molar-refractivity contribution in [1.82, 2.24) is 10.3 Å². The van der Waals surface area contributed by atoms with Crippen molar-refractivity contribution in [3.05, 3.63) is 52.7 Å². The molecular weight excluding hydrogens is 388 g/mol. The lowest BCUT2D eigenvalue weighted by molar-refractivity contribution is -0.121. The van der Waals surface area contributed by atoms with Crippen LogP contribution in [0.4, 0.5) is 0 Å². The van der Waals surface area contributed by atoms with Crippen LogP contribution in [0.5, 0.6) is 11.5 Å². The minimum Gasteiger partial charge on any atom is -0.490 e. The van der Waals surface area contributed by atoms with Gasteiger partial charge >= 0.3 is 0 Å². The van der Waals surface area contributed by atoms with Crippen molar-refractivity contribution < 1.29 is 18.7 Å². The predicted octanol–water partition coefficient (Wildman–Crippen LogP) is 4.93. The summed E-state index contributed by atoms with van der Waals surface area (Å²) in [6, 6.07) is 9.37. The number of aryl methyl sites for hydroxylation is 1. The minimum atomic E-state index is -0.164. The zero-order valence-corrected chi connectivity index (χ0v) is 18.0. The Balaban J connectivity index is 1.63. The lowest BCUT2D eigenvalue weighted by atomic mass is 10.1. The Labute approximate surface area is 174 Å². The maximum Gasteiger partial charge on any atom is 0.226 e. The van der Waals surface area contributed by atoms with Gasteiger partial charge in [0, 0.05) is 5.38 Å². The van der Waals surface area contributed by atoms with Gasteiger partial charge in [-0.05, 0) is 57.5 Å². The van der Waals surface area contributed by atoms with Gasteiger partial charge < -0.3 is 19.2 Å². The number of ether oxygens (including phenoxy) is 2. The third-order valence-corrected chi connectivity index (χ3v) is 5.20. The summed E-state index contributed by atoms with van der Waals surface area (Å²) in [5, 5.41) is 5.69. The van der Waals surface area contributed by atoms with Crippen molar-refractivity contribution in [2.45, 2.75) is 40.2 Å². The van der Waals surface area contributed by atoms with Gasteiger partial charge in [0.25, 0.3) is 0 Å². The van der Waals surface area contributed by atoms with E-state index in [-0.39, 0.29) is 18.4 Å². The Kier molecular flexibility index (Phi) is 6.93. The van der Waals surface area contributed by atoms with Crippen LogP contribution in [-0.4, -0.2) is 24.1 Å². The van der Waals surface area contributed by atoms with Gasteiger partial charge in [0.2, 0.25) is 5.91 Å². The van der Waals surface area contributed by atoms with Gasteiger partial charge in [0.1, 0.15) is 5.76 Å². The van der Waals surface area contributed by atoms with E-state index in [9.17, 15) is 4.79 Å². The molecule has 0 fully saturated rings. The van der Waals surface area contributed by atoms with Gasteiger partial charge in [0.05, 0.1) is 31.4 Å². The molecule has 1 N–H and O–H groups in total. The summed E-state index contributed by atoms with van der Waals surface area (Å²) in [7, 11) is 0. The Morgan fingerprint density at radius 3 is 2.62 bits per heavy atom. The predicted molar refractivity (Wildman–Crippen MR) is 114 cm³/mol. The topological polar surface area (TPSA) is 73.6 Å². The van der Waals surface area contributed by atoms with Crippen LogP contribution in [0.2, 0.25) is 0 Å². The quantitative estimate of drug-likeness (QED) is 0.537. The molecule has 0 aliphatic carbocycles. The van der Waals surface area contributed by atoms with E-state index in [2.05, 4.69) is 10.3 Å². The van der Waals surface area contributed by atoms with Crippen LogP contribution in [0.3, 0.4) is 0 Å². The number of nitrogens with one attached hydrogen (secondary N) is 1. The molecule has 6 nitrogen and oxygen atoms in total. The molecule has 0 aliphatic heterocycles. The molecule has 0 spiro atoms. The summed E-state index contributed by atoms with van der Waals surface area (Å²) < 4.78 is 16.9. The largest absolute Gasteiger partial charge is 0.490 e. The standard InChI is InChI=1S/C22H26N2O4S/c1-5-26-18-10-8-16(11-20(18)27-6-2)15(4)23-21(25)12-17-13-29-22(24-17)19-9-7-14(3)28-19/h7-11,13,15H,5-6,12H2,1-4H3,(H,23,25). The first-order chi connectivity index (χ1) is 14.0. The molecule has 3 rings (SSSR count). The number of benzene rings is 1. The molecule has 29 heavy (non-hydrogen) atoms. The fourth-order valence-electron chi connectivity index (χ4n) is 2.93. The molecule has 0 bridgehead atoms. The highest BCUT2D eigenvalue weighted by molar-refractivity contribution is 7.13. The first-order valence-electron chi connectivity index (χ1n) is 9.70. The summed E-state index contributed by atoms with van der Waals surface area (Å²) in [6.07, 6.45) is 0.218. The molecular formula is C22H26N2O4S. The minimum absolute atomic E-state index is 0.0863. The Bertz CT molecular complexity index is 963. The third-order valence-electron chi connectivity index (χ3n) is 4.29. The second-order valence-electron chi connectivity index (χ2n) is 6.59. The molecule has 154 valence electrons. The molecule has 0 saturated heterocycles. The van der Waals surface area contributed by atoms with Crippen LogP contribution in [0.1, 0.15) is 43.8 Å². The van der Waals surface area contributed by atoms with E-state index in [4.69, 9.17) is 13.9 Å². The molecule has 1 aromatic carbocycles. The van der Waals surface area contributed by atoms with E-state index in [1.54, 1.807) is 0 Å². The van der Waals surface area contributed by atoms with Crippen molar-refractivity contribution >= 4 is 17.2 Å². The molecule has 3 aromatic rings. The van der Waals surface area contributed by atoms with E-state index in [0.29, 0.717) is 24.7 Å². The third kappa shape index (κ3) is 5.38. The lowest BCUT2D eigenvalue weighted by Crippen LogP contribution is -2.28. The molecule has 0 radical (unpaired) electrons. The van der Waals surface area contributed by atoms with Gasteiger partial charge in [-0.15, -0.1) is 11.3 Å². The summed E-state index contributed by atoms with van der Waals surface area (Å²) in [5.74, 6) is 2.87. The highest BCUT2D eigenvalue weighted by Crippen LogP contribution is 2.31. The van der Waals surface area contributed by atoms with Crippen molar-refractivity contribution in [1.29, 1.82) is 0 Å². The van der Waals surface area contributed by atoms with Crippen LogP contribution in [0.15, 0.2) is 40.1 Å². The van der Waals surface area contributed by atoms with E-state index in [1.165, 1.54) is 11.3 Å². The second-order valence-corrected chi connectivity index (χ2v) is 7.45. The van der Waals surface area contributed by atoms with Crippen molar-refractivity contribution in [2.24, 2.45) is 0 Å². The van der Waals surface area contributed by atoms with Gasteiger partial charge in [-0.25, -0.2) is 4.98 Å². The van der Waals surface area contributed by atoms with E-state index < -0.39 is 0 Å². The molecule has 1 amide bonds. The molecule has 2 aromatic heterocycles. The van der Waals surface area contributed by atoms with Gasteiger partial charge in [-0.1, -0.05) is 6.07 Å². The van der Waals surface area contributed by atoms with Crippen molar-refractivity contribution in [3.8, 4) is 22.3 Å². The number of carbonyl (C=O) groups is 1. The zero-order valence-electron chi connectivity index (χ0n) is 17.2. The SMILES string of the molecule is CCOc1ccc(C(C)NC(=O)Cc2csc(-c3ccc(C)o3)n2)cc1OCC. The van der Waals surface area contributed by atoms with Crippen LogP contribution in [0, 0.1) is 6.92 Å². The van der Waals surface area contributed by atoms with Gasteiger partial charge in [0.15, 0.2) is 22.3 Å².